The van der Waals surface area contributed by atoms with Crippen molar-refractivity contribution in [2.75, 3.05) is 38.7 Å². The van der Waals surface area contributed by atoms with E-state index in [2.05, 4.69) is 30.4 Å². The van der Waals surface area contributed by atoms with Gasteiger partial charge in [0.25, 0.3) is 0 Å². The molecule has 0 spiro atoms. The number of rotatable bonds is 9. The van der Waals surface area contributed by atoms with Crippen LogP contribution in [0.4, 0.5) is 0 Å². The van der Waals surface area contributed by atoms with Crippen LogP contribution in [0.1, 0.15) is 26.2 Å². The minimum Gasteiger partial charge on any atom is -0.315 e. The third kappa shape index (κ3) is 5.79. The van der Waals surface area contributed by atoms with Crippen molar-refractivity contribution in [3.63, 3.8) is 0 Å². The molecule has 0 aromatic heterocycles. The second-order valence-electron chi connectivity index (χ2n) is 4.65. The first-order chi connectivity index (χ1) is 7.27. The molecule has 1 aliphatic carbocycles. The second kappa shape index (κ2) is 7.53. The third-order valence-electron chi connectivity index (χ3n) is 3.22. The van der Waals surface area contributed by atoms with Gasteiger partial charge in [-0.25, -0.2) is 0 Å². The SMILES string of the molecule is CCC(CSC)N(C)CCNCC1CC1. The first-order valence-electron chi connectivity index (χ1n) is 6.17. The van der Waals surface area contributed by atoms with Crippen LogP contribution in [-0.4, -0.2) is 49.6 Å². The van der Waals surface area contributed by atoms with E-state index in [-0.39, 0.29) is 0 Å². The van der Waals surface area contributed by atoms with E-state index in [1.54, 1.807) is 0 Å². The van der Waals surface area contributed by atoms with Gasteiger partial charge in [0.2, 0.25) is 0 Å². The molecule has 0 saturated heterocycles. The molecule has 1 rings (SSSR count). The number of hydrogen-bond acceptors (Lipinski definition) is 3. The lowest BCUT2D eigenvalue weighted by atomic mass is 10.2. The van der Waals surface area contributed by atoms with Gasteiger partial charge in [-0.1, -0.05) is 6.92 Å². The molecule has 1 fully saturated rings. The van der Waals surface area contributed by atoms with Crippen LogP contribution in [0.2, 0.25) is 0 Å². The highest BCUT2D eigenvalue weighted by atomic mass is 32.2. The lowest BCUT2D eigenvalue weighted by Crippen LogP contribution is -2.38. The Balaban J connectivity index is 2.00. The number of thioether (sulfide) groups is 1. The summed E-state index contributed by atoms with van der Waals surface area (Å²) in [4.78, 5) is 2.50. The summed E-state index contributed by atoms with van der Waals surface area (Å²) in [5.41, 5.74) is 0. The Kier molecular flexibility index (Phi) is 6.69. The number of likely N-dealkylation sites (N-methyl/N-ethyl adjacent to an activating group) is 1. The molecule has 2 nitrogen and oxygen atoms in total. The van der Waals surface area contributed by atoms with Crippen LogP contribution in [-0.2, 0) is 0 Å². The lowest BCUT2D eigenvalue weighted by Gasteiger charge is -2.26. The Bertz CT molecular complexity index is 160. The van der Waals surface area contributed by atoms with Crippen molar-refractivity contribution in [2.24, 2.45) is 5.92 Å². The van der Waals surface area contributed by atoms with Gasteiger partial charge < -0.3 is 10.2 Å². The number of hydrogen-bond donors (Lipinski definition) is 1. The Hall–Kier alpha value is 0.270. The van der Waals surface area contributed by atoms with Crippen LogP contribution >= 0.6 is 11.8 Å². The fourth-order valence-corrected chi connectivity index (χ4v) is 2.69. The number of nitrogens with one attached hydrogen (secondary N) is 1. The van der Waals surface area contributed by atoms with Gasteiger partial charge in [-0.2, -0.15) is 11.8 Å². The molecular weight excluding hydrogens is 204 g/mol. The second-order valence-corrected chi connectivity index (χ2v) is 5.56. The molecule has 15 heavy (non-hydrogen) atoms. The Morgan fingerprint density at radius 2 is 2.20 bits per heavy atom. The van der Waals surface area contributed by atoms with E-state index in [4.69, 9.17) is 0 Å². The quantitative estimate of drug-likeness (QED) is 0.610. The van der Waals surface area contributed by atoms with E-state index >= 15 is 0 Å². The normalized spacial score (nSPS) is 18.4. The molecule has 3 heteroatoms. The molecule has 0 heterocycles. The van der Waals surface area contributed by atoms with Crippen LogP contribution in [0.25, 0.3) is 0 Å². The minimum absolute atomic E-state index is 0.753. The monoisotopic (exact) mass is 230 g/mol. The van der Waals surface area contributed by atoms with E-state index in [0.717, 1.165) is 18.5 Å². The standard InChI is InChI=1S/C12H26N2S/c1-4-12(10-15-3)14(2)8-7-13-9-11-5-6-11/h11-13H,4-10H2,1-3H3. The largest absolute Gasteiger partial charge is 0.315 e. The van der Waals surface area contributed by atoms with Gasteiger partial charge in [0.05, 0.1) is 0 Å². The molecule has 0 aromatic rings. The molecule has 1 atom stereocenters. The predicted octanol–water partition coefficient (Wildman–Crippen LogP) is 2.06. The summed E-state index contributed by atoms with van der Waals surface area (Å²) in [5, 5.41) is 3.55. The maximum Gasteiger partial charge on any atom is 0.0181 e. The molecule has 1 saturated carbocycles. The van der Waals surface area contributed by atoms with Crippen LogP contribution in [0, 0.1) is 5.92 Å². The van der Waals surface area contributed by atoms with Crippen molar-refractivity contribution in [1.82, 2.24) is 10.2 Å². The topological polar surface area (TPSA) is 15.3 Å². The fraction of sp³-hybridized carbons (Fsp3) is 1.00. The maximum absolute atomic E-state index is 3.55. The molecule has 1 aliphatic rings. The Morgan fingerprint density at radius 1 is 1.47 bits per heavy atom. The zero-order valence-corrected chi connectivity index (χ0v) is 11.3. The first-order valence-corrected chi connectivity index (χ1v) is 7.57. The highest BCUT2D eigenvalue weighted by Gasteiger charge is 2.20. The Morgan fingerprint density at radius 3 is 2.73 bits per heavy atom. The van der Waals surface area contributed by atoms with Gasteiger partial charge in [-0.3, -0.25) is 0 Å². The Labute approximate surface area is 99.2 Å². The van der Waals surface area contributed by atoms with Gasteiger partial charge >= 0.3 is 0 Å². The van der Waals surface area contributed by atoms with Gasteiger partial charge in [-0.15, -0.1) is 0 Å². The molecule has 0 aromatic carbocycles. The van der Waals surface area contributed by atoms with E-state index in [1.807, 2.05) is 11.8 Å². The van der Waals surface area contributed by atoms with E-state index in [1.165, 1.54) is 38.1 Å². The summed E-state index contributed by atoms with van der Waals surface area (Å²) in [6.07, 6.45) is 6.36. The lowest BCUT2D eigenvalue weighted by molar-refractivity contribution is 0.255. The van der Waals surface area contributed by atoms with Crippen LogP contribution in [0.5, 0.6) is 0 Å². The predicted molar refractivity (Wildman–Crippen MR) is 70.7 cm³/mol. The van der Waals surface area contributed by atoms with Crippen LogP contribution < -0.4 is 5.32 Å². The van der Waals surface area contributed by atoms with Crippen molar-refractivity contribution in [3.8, 4) is 0 Å². The summed E-state index contributed by atoms with van der Waals surface area (Å²) in [5.74, 6) is 2.26. The summed E-state index contributed by atoms with van der Waals surface area (Å²) in [6.45, 7) is 5.87. The van der Waals surface area contributed by atoms with Crippen LogP contribution in [0.3, 0.4) is 0 Å². The number of nitrogens with zero attached hydrogens (tertiary/aromatic N) is 1. The zero-order chi connectivity index (χ0) is 11.1. The van der Waals surface area contributed by atoms with Crippen molar-refractivity contribution in [1.29, 1.82) is 0 Å². The molecule has 1 unspecified atom stereocenters. The molecule has 0 bridgehead atoms. The summed E-state index contributed by atoms with van der Waals surface area (Å²) < 4.78 is 0. The molecule has 1 N–H and O–H groups in total. The highest BCUT2D eigenvalue weighted by molar-refractivity contribution is 7.98. The van der Waals surface area contributed by atoms with Crippen molar-refractivity contribution < 1.29 is 0 Å². The fourth-order valence-electron chi connectivity index (χ4n) is 1.82. The first kappa shape index (κ1) is 13.3. The van der Waals surface area contributed by atoms with Gasteiger partial charge in [0.15, 0.2) is 0 Å². The third-order valence-corrected chi connectivity index (χ3v) is 3.94. The molecule has 0 amide bonds. The molecule has 90 valence electrons. The van der Waals surface area contributed by atoms with Crippen molar-refractivity contribution in [3.05, 3.63) is 0 Å². The van der Waals surface area contributed by atoms with E-state index < -0.39 is 0 Å². The summed E-state index contributed by atoms with van der Waals surface area (Å²) in [6, 6.07) is 0.753. The maximum atomic E-state index is 3.55. The van der Waals surface area contributed by atoms with Gasteiger partial charge in [-0.05, 0) is 45.0 Å². The van der Waals surface area contributed by atoms with Gasteiger partial charge in [0.1, 0.15) is 0 Å². The van der Waals surface area contributed by atoms with E-state index in [9.17, 15) is 0 Å². The van der Waals surface area contributed by atoms with E-state index in [0.29, 0.717) is 0 Å². The highest BCUT2D eigenvalue weighted by Crippen LogP contribution is 2.27. The molecular formula is C12H26N2S. The van der Waals surface area contributed by atoms with Gasteiger partial charge in [0, 0.05) is 24.9 Å². The minimum atomic E-state index is 0.753. The molecule has 0 radical (unpaired) electrons. The van der Waals surface area contributed by atoms with Crippen molar-refractivity contribution >= 4 is 11.8 Å². The summed E-state index contributed by atoms with van der Waals surface area (Å²) >= 11 is 1.95. The molecule has 0 aliphatic heterocycles. The smallest absolute Gasteiger partial charge is 0.0181 e. The zero-order valence-electron chi connectivity index (χ0n) is 10.5. The van der Waals surface area contributed by atoms with Crippen molar-refractivity contribution in [2.45, 2.75) is 32.2 Å². The average Bonchev–Trinajstić information content (AvgIpc) is 3.04. The van der Waals surface area contributed by atoms with Crippen LogP contribution in [0.15, 0.2) is 0 Å². The average molecular weight is 230 g/mol. The summed E-state index contributed by atoms with van der Waals surface area (Å²) in [7, 11) is 2.25.